The molecule has 44 heavy (non-hydrogen) atoms. The lowest BCUT2D eigenvalue weighted by Gasteiger charge is -2.40. The number of aliphatic imine (C=N–C) groups is 1. The summed E-state index contributed by atoms with van der Waals surface area (Å²) in [5, 5.41) is 14.1. The molecule has 2 N–H and O–H groups in total. The van der Waals surface area contributed by atoms with Gasteiger partial charge < -0.3 is 15.2 Å². The minimum atomic E-state index is -0.189. The number of hydrogen-bond donors (Lipinski definition) is 1. The normalized spacial score (nSPS) is 15.2. The van der Waals surface area contributed by atoms with Gasteiger partial charge in [-0.2, -0.15) is 5.26 Å². The van der Waals surface area contributed by atoms with Crippen LogP contribution in [0.5, 0.6) is 0 Å². The summed E-state index contributed by atoms with van der Waals surface area (Å²) < 4.78 is 6.20. The Bertz CT molecular complexity index is 1790. The van der Waals surface area contributed by atoms with Gasteiger partial charge in [0, 0.05) is 43.4 Å². The number of benzene rings is 3. The molecular formula is C34H29ClN6O2S. The monoisotopic (exact) mass is 620 g/mol. The second-order valence-corrected chi connectivity index (χ2v) is 12.2. The van der Waals surface area contributed by atoms with Crippen molar-refractivity contribution in [2.75, 3.05) is 19.6 Å². The lowest BCUT2D eigenvalue weighted by atomic mass is 10.0. The van der Waals surface area contributed by atoms with Crippen LogP contribution in [0.2, 0.25) is 4.34 Å². The van der Waals surface area contributed by atoms with Crippen molar-refractivity contribution >= 4 is 40.2 Å². The zero-order chi connectivity index (χ0) is 30.5. The van der Waals surface area contributed by atoms with Gasteiger partial charge in [0.15, 0.2) is 5.76 Å². The minimum Gasteiger partial charge on any atom is -0.355 e. The van der Waals surface area contributed by atoms with Crippen molar-refractivity contribution in [2.45, 2.75) is 19.1 Å². The van der Waals surface area contributed by atoms with Crippen LogP contribution in [0.1, 0.15) is 27.9 Å². The summed E-state index contributed by atoms with van der Waals surface area (Å²) in [6, 6.07) is 33.0. The summed E-state index contributed by atoms with van der Waals surface area (Å²) in [5.41, 5.74) is 11.5. The predicted octanol–water partition coefficient (Wildman–Crippen LogP) is 6.27. The molecule has 0 spiro atoms. The fourth-order valence-electron chi connectivity index (χ4n) is 5.33. The van der Waals surface area contributed by atoms with Crippen LogP contribution in [-0.4, -0.2) is 52.3 Å². The molecule has 8 nitrogen and oxygen atoms in total. The second-order valence-electron chi connectivity index (χ2n) is 10.5. The number of rotatable bonds is 9. The first-order chi connectivity index (χ1) is 21.5. The van der Waals surface area contributed by atoms with Crippen molar-refractivity contribution in [1.29, 1.82) is 5.26 Å². The van der Waals surface area contributed by atoms with Crippen LogP contribution in [0, 0.1) is 11.3 Å². The Labute approximate surface area is 264 Å². The summed E-state index contributed by atoms with van der Waals surface area (Å²) in [5.74, 6) is 0.628. The number of piperazine rings is 1. The van der Waals surface area contributed by atoms with E-state index in [1.165, 1.54) is 11.3 Å². The van der Waals surface area contributed by atoms with Crippen molar-refractivity contribution in [1.82, 2.24) is 15.0 Å². The van der Waals surface area contributed by atoms with E-state index in [2.05, 4.69) is 11.2 Å². The van der Waals surface area contributed by atoms with E-state index in [-0.39, 0.29) is 18.5 Å². The molecule has 0 unspecified atom stereocenters. The highest BCUT2D eigenvalue weighted by molar-refractivity contribution is 7.19. The minimum absolute atomic E-state index is 0.0240. The van der Waals surface area contributed by atoms with E-state index in [4.69, 9.17) is 26.9 Å². The van der Waals surface area contributed by atoms with E-state index in [0.29, 0.717) is 47.5 Å². The van der Waals surface area contributed by atoms with Gasteiger partial charge in [0.25, 0.3) is 0 Å². The van der Waals surface area contributed by atoms with E-state index < -0.39 is 0 Å². The first-order valence-corrected chi connectivity index (χ1v) is 15.4. The molecule has 1 amide bonds. The highest BCUT2D eigenvalue weighted by Crippen LogP contribution is 2.32. The molecule has 10 heteroatoms. The number of carbonyl (C=O) groups is 1. The first-order valence-electron chi connectivity index (χ1n) is 14.2. The summed E-state index contributed by atoms with van der Waals surface area (Å²) in [7, 11) is 0. The van der Waals surface area contributed by atoms with Crippen molar-refractivity contribution in [3.8, 4) is 16.7 Å². The van der Waals surface area contributed by atoms with Gasteiger partial charge in [-0.1, -0.05) is 83.5 Å². The molecule has 1 saturated heterocycles. The summed E-state index contributed by atoms with van der Waals surface area (Å²) in [6.45, 7) is 1.98. The fourth-order valence-corrected chi connectivity index (χ4v) is 6.32. The van der Waals surface area contributed by atoms with Gasteiger partial charge in [0.1, 0.15) is 6.07 Å². The molecule has 0 saturated carbocycles. The standard InChI is InChI=1S/C34H29ClN6O2S/c35-32-14-13-31(44-32)30-16-27(39-43-30)20-40-21-28(18-37)41(33(42)22-40)19-23-11-12-26(17-36)29(15-23)38-34(24-7-3-1-4-8-24)25-9-5-2-6-10-25/h1-16,28H,18-22,37H2/t28-/m0/s1. The molecule has 0 radical (unpaired) electrons. The van der Waals surface area contributed by atoms with Crippen LogP contribution in [0.25, 0.3) is 10.6 Å². The average molecular weight is 621 g/mol. The van der Waals surface area contributed by atoms with Crippen LogP contribution >= 0.6 is 22.9 Å². The Hall–Kier alpha value is -4.59. The van der Waals surface area contributed by atoms with Crippen molar-refractivity contribution < 1.29 is 9.32 Å². The molecule has 0 bridgehead atoms. The van der Waals surface area contributed by atoms with Gasteiger partial charge in [-0.05, 0) is 29.8 Å². The number of aromatic nitrogens is 1. The Morgan fingerprint density at radius 1 is 1.02 bits per heavy atom. The van der Waals surface area contributed by atoms with Crippen LogP contribution in [0.15, 0.2) is 107 Å². The third kappa shape index (κ3) is 6.64. The fraction of sp³-hybridized carbons (Fsp3) is 0.176. The van der Waals surface area contributed by atoms with E-state index in [1.54, 1.807) is 6.07 Å². The van der Waals surface area contributed by atoms with E-state index >= 15 is 0 Å². The van der Waals surface area contributed by atoms with Gasteiger partial charge in [0.2, 0.25) is 5.91 Å². The molecule has 3 aromatic carbocycles. The van der Waals surface area contributed by atoms with E-state index in [1.807, 2.05) is 101 Å². The largest absolute Gasteiger partial charge is 0.355 e. The molecule has 1 aliphatic rings. The second kappa shape index (κ2) is 13.4. The van der Waals surface area contributed by atoms with Crippen LogP contribution in [-0.2, 0) is 17.9 Å². The van der Waals surface area contributed by atoms with Crippen molar-refractivity contribution in [2.24, 2.45) is 10.7 Å². The molecule has 1 aliphatic heterocycles. The lowest BCUT2D eigenvalue weighted by molar-refractivity contribution is -0.140. The number of nitrogens with two attached hydrogens (primary N) is 1. The molecule has 3 heterocycles. The highest BCUT2D eigenvalue weighted by atomic mass is 35.5. The van der Waals surface area contributed by atoms with Gasteiger partial charge in [0.05, 0.1) is 44.5 Å². The smallest absolute Gasteiger partial charge is 0.237 e. The van der Waals surface area contributed by atoms with Gasteiger partial charge in [-0.15, -0.1) is 11.3 Å². The molecule has 220 valence electrons. The third-order valence-electron chi connectivity index (χ3n) is 7.48. The number of halogens is 1. The number of amides is 1. The Kier molecular flexibility index (Phi) is 8.96. The number of nitriles is 1. The zero-order valence-electron chi connectivity index (χ0n) is 23.8. The van der Waals surface area contributed by atoms with Crippen LogP contribution in [0.3, 0.4) is 0 Å². The first kappa shape index (κ1) is 29.5. The summed E-state index contributed by atoms with van der Waals surface area (Å²) >= 11 is 7.49. The Morgan fingerprint density at radius 2 is 1.75 bits per heavy atom. The van der Waals surface area contributed by atoms with Crippen LogP contribution < -0.4 is 5.73 Å². The lowest BCUT2D eigenvalue weighted by Crippen LogP contribution is -2.58. The molecule has 2 aromatic heterocycles. The molecule has 1 fully saturated rings. The average Bonchev–Trinajstić information content (AvgIpc) is 3.70. The summed E-state index contributed by atoms with van der Waals surface area (Å²) in [4.78, 5) is 23.2. The van der Waals surface area contributed by atoms with Gasteiger partial charge >= 0.3 is 0 Å². The number of hydrogen-bond acceptors (Lipinski definition) is 8. The van der Waals surface area contributed by atoms with E-state index in [0.717, 1.165) is 33.0 Å². The highest BCUT2D eigenvalue weighted by Gasteiger charge is 2.32. The molecular weight excluding hydrogens is 592 g/mol. The maximum Gasteiger partial charge on any atom is 0.237 e. The maximum absolute atomic E-state index is 13.4. The topological polar surface area (TPSA) is 112 Å². The quantitative estimate of drug-likeness (QED) is 0.194. The maximum atomic E-state index is 13.4. The molecule has 1 atom stereocenters. The zero-order valence-corrected chi connectivity index (χ0v) is 25.3. The Morgan fingerprint density at radius 3 is 2.39 bits per heavy atom. The van der Waals surface area contributed by atoms with Crippen molar-refractivity contribution in [3.63, 3.8) is 0 Å². The molecule has 5 aromatic rings. The van der Waals surface area contributed by atoms with Crippen molar-refractivity contribution in [3.05, 3.63) is 129 Å². The SMILES string of the molecule is N#Cc1ccc(CN2C(=O)CN(Cc3cc(-c4ccc(Cl)s4)on3)C[C@@H]2CN)cc1N=C(c1ccccc1)c1ccccc1. The number of nitrogens with zero attached hydrogens (tertiary/aromatic N) is 5. The number of carbonyl (C=O) groups excluding carboxylic acids is 1. The van der Waals surface area contributed by atoms with Crippen LogP contribution in [0.4, 0.5) is 5.69 Å². The Balaban J connectivity index is 1.21. The van der Waals surface area contributed by atoms with E-state index in [9.17, 15) is 10.1 Å². The van der Waals surface area contributed by atoms with Gasteiger partial charge in [-0.25, -0.2) is 4.99 Å². The molecule has 6 rings (SSSR count). The van der Waals surface area contributed by atoms with Gasteiger partial charge in [-0.3, -0.25) is 9.69 Å². The predicted molar refractivity (Wildman–Crippen MR) is 173 cm³/mol. The molecule has 0 aliphatic carbocycles. The number of thiophene rings is 1. The summed E-state index contributed by atoms with van der Waals surface area (Å²) in [6.07, 6.45) is 0. The third-order valence-corrected chi connectivity index (χ3v) is 8.73.